The van der Waals surface area contributed by atoms with Crippen molar-refractivity contribution in [3.63, 3.8) is 0 Å². The van der Waals surface area contributed by atoms with E-state index in [-0.39, 0.29) is 5.91 Å². The fourth-order valence-electron chi connectivity index (χ4n) is 3.35. The Labute approximate surface area is 146 Å². The lowest BCUT2D eigenvalue weighted by molar-refractivity contribution is -0.132. The van der Waals surface area contributed by atoms with Crippen molar-refractivity contribution in [2.45, 2.75) is 38.6 Å². The van der Waals surface area contributed by atoms with Crippen LogP contribution < -0.4 is 9.47 Å². The van der Waals surface area contributed by atoms with Crippen molar-refractivity contribution in [1.82, 2.24) is 4.90 Å². The third kappa shape index (κ3) is 3.26. The second-order valence-electron chi connectivity index (χ2n) is 6.33. The molecule has 0 aliphatic carbocycles. The number of benzene rings is 1. The van der Waals surface area contributed by atoms with Gasteiger partial charge in [-0.3, -0.25) is 4.79 Å². The average molecular weight is 343 g/mol. The molecule has 4 rings (SSSR count). The van der Waals surface area contributed by atoms with Gasteiger partial charge in [-0.05, 0) is 60.4 Å². The third-order valence-electron chi connectivity index (χ3n) is 4.70. The van der Waals surface area contributed by atoms with E-state index in [4.69, 9.17) is 9.47 Å². The number of rotatable bonds is 5. The summed E-state index contributed by atoms with van der Waals surface area (Å²) in [6, 6.07) is 8.36. The number of fused-ring (bicyclic) bond motifs is 2. The number of carbonyl (C=O) groups excluding carboxylic acids is 1. The van der Waals surface area contributed by atoms with E-state index in [2.05, 4.69) is 23.6 Å². The quantitative estimate of drug-likeness (QED) is 0.776. The summed E-state index contributed by atoms with van der Waals surface area (Å²) < 4.78 is 10.9. The lowest BCUT2D eigenvalue weighted by Crippen LogP contribution is -2.35. The Bertz CT molecular complexity index is 726. The molecule has 5 heteroatoms. The van der Waals surface area contributed by atoms with Gasteiger partial charge in [-0.1, -0.05) is 6.07 Å². The molecule has 0 fully saturated rings. The first-order valence-corrected chi connectivity index (χ1v) is 9.39. The molecule has 0 radical (unpaired) electrons. The van der Waals surface area contributed by atoms with Gasteiger partial charge in [0.15, 0.2) is 11.5 Å². The Balaban J connectivity index is 1.30. The van der Waals surface area contributed by atoms with Crippen LogP contribution in [-0.4, -0.2) is 24.1 Å². The van der Waals surface area contributed by atoms with E-state index in [0.717, 1.165) is 43.7 Å². The lowest BCUT2D eigenvalue weighted by atomic mass is 9.98. The van der Waals surface area contributed by atoms with Gasteiger partial charge in [-0.2, -0.15) is 0 Å². The Morgan fingerprint density at radius 1 is 1.17 bits per heavy atom. The third-order valence-corrected chi connectivity index (χ3v) is 5.64. The van der Waals surface area contributed by atoms with Crippen molar-refractivity contribution in [1.29, 1.82) is 0 Å². The number of hydrogen-bond acceptors (Lipinski definition) is 4. The summed E-state index contributed by atoms with van der Waals surface area (Å²) >= 11 is 1.79. The SMILES string of the molecule is O=C(CCCCc1cccs1)N1CCc2cc3c(cc2C1)OCO3. The van der Waals surface area contributed by atoms with Crippen molar-refractivity contribution < 1.29 is 14.3 Å². The smallest absolute Gasteiger partial charge is 0.231 e. The number of aryl methyl sites for hydroxylation is 1. The van der Waals surface area contributed by atoms with Crippen LogP contribution in [0.1, 0.15) is 35.3 Å². The first kappa shape index (κ1) is 15.5. The molecule has 1 aromatic carbocycles. The highest BCUT2D eigenvalue weighted by atomic mass is 32.1. The minimum atomic E-state index is 0.268. The van der Waals surface area contributed by atoms with Crippen molar-refractivity contribution >= 4 is 17.2 Å². The van der Waals surface area contributed by atoms with Crippen molar-refractivity contribution in [2.75, 3.05) is 13.3 Å². The summed E-state index contributed by atoms with van der Waals surface area (Å²) in [5.41, 5.74) is 2.47. The van der Waals surface area contributed by atoms with Crippen molar-refractivity contribution in [2.24, 2.45) is 0 Å². The Hall–Kier alpha value is -2.01. The van der Waals surface area contributed by atoms with E-state index in [1.54, 1.807) is 11.3 Å². The number of carbonyl (C=O) groups is 1. The highest BCUT2D eigenvalue weighted by molar-refractivity contribution is 7.09. The van der Waals surface area contributed by atoms with E-state index in [0.29, 0.717) is 19.8 Å². The summed E-state index contributed by atoms with van der Waals surface area (Å²) in [6.45, 7) is 1.79. The minimum Gasteiger partial charge on any atom is -0.454 e. The molecular weight excluding hydrogens is 322 g/mol. The second kappa shape index (κ2) is 6.85. The molecular formula is C19H21NO3S. The number of hydrogen-bond donors (Lipinski definition) is 0. The zero-order chi connectivity index (χ0) is 16.4. The monoisotopic (exact) mass is 343 g/mol. The standard InChI is InChI=1S/C19H21NO3S/c21-19(6-2-1-4-16-5-3-9-24-16)20-8-7-14-10-17-18(23-13-22-17)11-15(14)12-20/h3,5,9-11H,1-2,4,6-8,12-13H2. The molecule has 126 valence electrons. The van der Waals surface area contributed by atoms with Gasteiger partial charge in [0.05, 0.1) is 0 Å². The molecule has 0 bridgehead atoms. The molecule has 2 aliphatic rings. The van der Waals surface area contributed by atoms with Gasteiger partial charge in [0, 0.05) is 24.4 Å². The fraction of sp³-hybridized carbons (Fsp3) is 0.421. The number of unbranched alkanes of at least 4 members (excludes halogenated alkanes) is 1. The summed E-state index contributed by atoms with van der Waals surface area (Å²) in [5.74, 6) is 1.91. The van der Waals surface area contributed by atoms with Crippen LogP contribution in [0, 0.1) is 0 Å². The molecule has 24 heavy (non-hydrogen) atoms. The molecule has 0 unspecified atom stereocenters. The van der Waals surface area contributed by atoms with Crippen LogP contribution in [0.3, 0.4) is 0 Å². The topological polar surface area (TPSA) is 38.8 Å². The molecule has 0 atom stereocenters. The largest absolute Gasteiger partial charge is 0.454 e. The Kier molecular flexibility index (Phi) is 4.43. The van der Waals surface area contributed by atoms with Gasteiger partial charge in [-0.25, -0.2) is 0 Å². The highest BCUT2D eigenvalue weighted by Crippen LogP contribution is 2.36. The molecule has 0 saturated carbocycles. The average Bonchev–Trinajstić information content (AvgIpc) is 3.27. The molecule has 3 heterocycles. The zero-order valence-electron chi connectivity index (χ0n) is 13.6. The van der Waals surface area contributed by atoms with Crippen LogP contribution in [0.25, 0.3) is 0 Å². The van der Waals surface area contributed by atoms with Crippen LogP contribution in [-0.2, 0) is 24.2 Å². The predicted molar refractivity (Wildman–Crippen MR) is 93.6 cm³/mol. The van der Waals surface area contributed by atoms with Gasteiger partial charge >= 0.3 is 0 Å². The van der Waals surface area contributed by atoms with E-state index in [1.165, 1.54) is 16.0 Å². The van der Waals surface area contributed by atoms with E-state index < -0.39 is 0 Å². The first-order valence-electron chi connectivity index (χ1n) is 8.51. The van der Waals surface area contributed by atoms with E-state index >= 15 is 0 Å². The Morgan fingerprint density at radius 3 is 2.79 bits per heavy atom. The number of thiophene rings is 1. The van der Waals surface area contributed by atoms with Gasteiger partial charge in [0.25, 0.3) is 0 Å². The van der Waals surface area contributed by atoms with Gasteiger partial charge in [0.2, 0.25) is 12.7 Å². The molecule has 4 nitrogen and oxygen atoms in total. The number of nitrogens with zero attached hydrogens (tertiary/aromatic N) is 1. The molecule has 1 amide bonds. The maximum absolute atomic E-state index is 12.5. The van der Waals surface area contributed by atoms with Crippen LogP contribution >= 0.6 is 11.3 Å². The molecule has 2 aliphatic heterocycles. The van der Waals surface area contributed by atoms with Crippen molar-refractivity contribution in [3.05, 3.63) is 45.6 Å². The minimum absolute atomic E-state index is 0.268. The van der Waals surface area contributed by atoms with Gasteiger partial charge < -0.3 is 14.4 Å². The van der Waals surface area contributed by atoms with Crippen LogP contribution in [0.4, 0.5) is 0 Å². The number of ether oxygens (including phenoxy) is 2. The number of amides is 1. The molecule has 0 spiro atoms. The lowest BCUT2D eigenvalue weighted by Gasteiger charge is -2.29. The first-order chi connectivity index (χ1) is 11.8. The molecule has 2 aromatic rings. The van der Waals surface area contributed by atoms with Crippen molar-refractivity contribution in [3.8, 4) is 11.5 Å². The van der Waals surface area contributed by atoms with Gasteiger partial charge in [0.1, 0.15) is 0 Å². The normalized spacial score (nSPS) is 15.4. The van der Waals surface area contributed by atoms with E-state index in [9.17, 15) is 4.79 Å². The molecule has 0 N–H and O–H groups in total. The second-order valence-corrected chi connectivity index (χ2v) is 7.36. The Morgan fingerprint density at radius 2 is 2.00 bits per heavy atom. The van der Waals surface area contributed by atoms with E-state index in [1.807, 2.05) is 11.0 Å². The maximum atomic E-state index is 12.5. The summed E-state index contributed by atoms with van der Waals surface area (Å²) in [7, 11) is 0. The maximum Gasteiger partial charge on any atom is 0.231 e. The van der Waals surface area contributed by atoms with Crippen LogP contribution in [0.2, 0.25) is 0 Å². The molecule has 0 saturated heterocycles. The molecule has 1 aromatic heterocycles. The summed E-state index contributed by atoms with van der Waals surface area (Å²) in [5, 5.41) is 2.11. The fourth-order valence-corrected chi connectivity index (χ4v) is 4.10. The van der Waals surface area contributed by atoms with Crippen LogP contribution in [0.15, 0.2) is 29.6 Å². The van der Waals surface area contributed by atoms with Gasteiger partial charge in [-0.15, -0.1) is 11.3 Å². The summed E-state index contributed by atoms with van der Waals surface area (Å²) in [4.78, 5) is 15.9. The highest BCUT2D eigenvalue weighted by Gasteiger charge is 2.24. The zero-order valence-corrected chi connectivity index (χ0v) is 14.4. The predicted octanol–water partition coefficient (Wildman–Crippen LogP) is 3.77. The summed E-state index contributed by atoms with van der Waals surface area (Å²) in [6.07, 6.45) is 4.66. The van der Waals surface area contributed by atoms with Crippen LogP contribution in [0.5, 0.6) is 11.5 Å².